The van der Waals surface area contributed by atoms with Crippen LogP contribution in [0, 0.1) is 11.3 Å². The summed E-state index contributed by atoms with van der Waals surface area (Å²) in [6, 6.07) is 15.1. The van der Waals surface area contributed by atoms with Gasteiger partial charge in [-0.25, -0.2) is 0 Å². The van der Waals surface area contributed by atoms with Crippen molar-refractivity contribution in [1.29, 1.82) is 5.26 Å². The summed E-state index contributed by atoms with van der Waals surface area (Å²) in [6.45, 7) is 2.15. The summed E-state index contributed by atoms with van der Waals surface area (Å²) in [4.78, 5) is 0. The third-order valence-electron chi connectivity index (χ3n) is 2.84. The van der Waals surface area contributed by atoms with Gasteiger partial charge in [-0.1, -0.05) is 25.5 Å². The van der Waals surface area contributed by atoms with Crippen LogP contribution < -0.4 is 10.5 Å². The van der Waals surface area contributed by atoms with E-state index in [1.807, 2.05) is 18.2 Å². The van der Waals surface area contributed by atoms with Gasteiger partial charge in [0.05, 0.1) is 5.56 Å². The topological polar surface area (TPSA) is 59.0 Å². The number of nitriles is 1. The molecule has 0 fully saturated rings. The summed E-state index contributed by atoms with van der Waals surface area (Å²) in [5.74, 6) is 1.38. The molecule has 0 amide bonds. The Bertz CT molecular complexity index is 597. The number of aryl methyl sites for hydroxylation is 1. The van der Waals surface area contributed by atoms with Crippen LogP contribution in [0.25, 0.3) is 0 Å². The average molecular weight is 252 g/mol. The molecule has 2 N–H and O–H groups in total. The molecule has 0 spiro atoms. The Balaban J connectivity index is 2.15. The van der Waals surface area contributed by atoms with Gasteiger partial charge in [0.25, 0.3) is 0 Å². The zero-order valence-electron chi connectivity index (χ0n) is 10.9. The summed E-state index contributed by atoms with van der Waals surface area (Å²) >= 11 is 0. The molecule has 0 aliphatic rings. The third-order valence-corrected chi connectivity index (χ3v) is 2.84. The van der Waals surface area contributed by atoms with E-state index in [0.29, 0.717) is 17.0 Å². The SMILES string of the molecule is CCCc1ccc(Oc2ccc(N)c(C#N)c2)cc1. The molecule has 19 heavy (non-hydrogen) atoms. The first-order valence-electron chi connectivity index (χ1n) is 6.29. The fraction of sp³-hybridized carbons (Fsp3) is 0.188. The van der Waals surface area contributed by atoms with Crippen molar-refractivity contribution in [3.8, 4) is 17.6 Å². The Morgan fingerprint density at radius 2 is 1.79 bits per heavy atom. The normalized spacial score (nSPS) is 9.89. The number of nitrogens with two attached hydrogens (primary N) is 1. The van der Waals surface area contributed by atoms with Gasteiger partial charge in [0.2, 0.25) is 0 Å². The fourth-order valence-corrected chi connectivity index (χ4v) is 1.84. The van der Waals surface area contributed by atoms with Gasteiger partial charge >= 0.3 is 0 Å². The van der Waals surface area contributed by atoms with Gasteiger partial charge in [-0.05, 0) is 36.2 Å². The first kappa shape index (κ1) is 13.0. The number of anilines is 1. The van der Waals surface area contributed by atoms with Crippen LogP contribution in [0.5, 0.6) is 11.5 Å². The number of hydrogen-bond acceptors (Lipinski definition) is 3. The highest BCUT2D eigenvalue weighted by Gasteiger charge is 2.02. The van der Waals surface area contributed by atoms with E-state index in [4.69, 9.17) is 15.7 Å². The molecule has 0 saturated heterocycles. The molecule has 0 unspecified atom stereocenters. The lowest BCUT2D eigenvalue weighted by Gasteiger charge is -2.07. The van der Waals surface area contributed by atoms with Gasteiger partial charge in [0.15, 0.2) is 0 Å². The molecule has 0 aromatic heterocycles. The van der Waals surface area contributed by atoms with Crippen LogP contribution in [0.15, 0.2) is 42.5 Å². The minimum atomic E-state index is 0.431. The molecular weight excluding hydrogens is 236 g/mol. The van der Waals surface area contributed by atoms with Gasteiger partial charge in [0, 0.05) is 11.8 Å². The number of benzene rings is 2. The second kappa shape index (κ2) is 5.92. The van der Waals surface area contributed by atoms with E-state index in [-0.39, 0.29) is 0 Å². The van der Waals surface area contributed by atoms with Crippen LogP contribution in [0.3, 0.4) is 0 Å². The molecule has 3 nitrogen and oxygen atoms in total. The van der Waals surface area contributed by atoms with Crippen molar-refractivity contribution in [2.24, 2.45) is 0 Å². The smallest absolute Gasteiger partial charge is 0.128 e. The Morgan fingerprint density at radius 1 is 1.11 bits per heavy atom. The van der Waals surface area contributed by atoms with Crippen molar-refractivity contribution in [1.82, 2.24) is 0 Å². The standard InChI is InChI=1S/C16H16N2O/c1-2-3-12-4-6-14(7-5-12)19-15-8-9-16(18)13(10-15)11-17/h4-10H,2-3,18H2,1H3. The summed E-state index contributed by atoms with van der Waals surface area (Å²) in [7, 11) is 0. The zero-order chi connectivity index (χ0) is 13.7. The maximum absolute atomic E-state index is 8.92. The number of nitrogen functional groups attached to an aromatic ring is 1. The highest BCUT2D eigenvalue weighted by atomic mass is 16.5. The quantitative estimate of drug-likeness (QED) is 0.840. The second-order valence-corrected chi connectivity index (χ2v) is 4.36. The first-order valence-corrected chi connectivity index (χ1v) is 6.29. The van der Waals surface area contributed by atoms with Gasteiger partial charge in [-0.15, -0.1) is 0 Å². The fourth-order valence-electron chi connectivity index (χ4n) is 1.84. The van der Waals surface area contributed by atoms with Crippen LogP contribution >= 0.6 is 0 Å². The molecule has 0 saturated carbocycles. The molecule has 2 rings (SSSR count). The van der Waals surface area contributed by atoms with Crippen molar-refractivity contribution in [3.05, 3.63) is 53.6 Å². The number of ether oxygens (including phenoxy) is 1. The van der Waals surface area contributed by atoms with E-state index in [2.05, 4.69) is 19.1 Å². The number of hydrogen-bond donors (Lipinski definition) is 1. The molecule has 0 radical (unpaired) electrons. The molecule has 0 bridgehead atoms. The summed E-state index contributed by atoms with van der Waals surface area (Å²) < 4.78 is 5.70. The molecule has 3 heteroatoms. The summed E-state index contributed by atoms with van der Waals surface area (Å²) in [6.07, 6.45) is 2.20. The van der Waals surface area contributed by atoms with Crippen LogP contribution in [0.2, 0.25) is 0 Å². The molecular formula is C16H16N2O. The van der Waals surface area contributed by atoms with E-state index in [0.717, 1.165) is 18.6 Å². The molecule has 0 aliphatic heterocycles. The third kappa shape index (κ3) is 3.26. The Labute approximate surface area is 113 Å². The van der Waals surface area contributed by atoms with Gasteiger partial charge in [-0.2, -0.15) is 5.26 Å². The Kier molecular flexibility index (Phi) is 4.04. The van der Waals surface area contributed by atoms with Crippen molar-refractivity contribution >= 4 is 5.69 Å². The maximum Gasteiger partial charge on any atom is 0.128 e. The van der Waals surface area contributed by atoms with Gasteiger partial charge < -0.3 is 10.5 Å². The van der Waals surface area contributed by atoms with Gasteiger partial charge in [0.1, 0.15) is 17.6 Å². The van der Waals surface area contributed by atoms with Crippen molar-refractivity contribution in [3.63, 3.8) is 0 Å². The predicted molar refractivity (Wildman–Crippen MR) is 76.1 cm³/mol. The van der Waals surface area contributed by atoms with Crippen LogP contribution in [-0.4, -0.2) is 0 Å². The van der Waals surface area contributed by atoms with E-state index < -0.39 is 0 Å². The van der Waals surface area contributed by atoms with E-state index in [1.165, 1.54) is 5.56 Å². The van der Waals surface area contributed by atoms with Crippen LogP contribution in [0.4, 0.5) is 5.69 Å². The Hall–Kier alpha value is -2.47. The molecule has 0 heterocycles. The summed E-state index contributed by atoms with van der Waals surface area (Å²) in [5.41, 5.74) is 7.86. The molecule has 2 aromatic carbocycles. The maximum atomic E-state index is 8.92. The van der Waals surface area contributed by atoms with Crippen molar-refractivity contribution < 1.29 is 4.74 Å². The van der Waals surface area contributed by atoms with Crippen LogP contribution in [0.1, 0.15) is 24.5 Å². The van der Waals surface area contributed by atoms with Crippen LogP contribution in [-0.2, 0) is 6.42 Å². The largest absolute Gasteiger partial charge is 0.457 e. The lowest BCUT2D eigenvalue weighted by atomic mass is 10.1. The molecule has 2 aromatic rings. The highest BCUT2D eigenvalue weighted by molar-refractivity contribution is 5.57. The monoisotopic (exact) mass is 252 g/mol. The minimum absolute atomic E-state index is 0.431. The molecule has 0 aliphatic carbocycles. The van der Waals surface area contributed by atoms with Crippen molar-refractivity contribution in [2.45, 2.75) is 19.8 Å². The lowest BCUT2D eigenvalue weighted by molar-refractivity contribution is 0.482. The number of rotatable bonds is 4. The van der Waals surface area contributed by atoms with E-state index in [9.17, 15) is 0 Å². The minimum Gasteiger partial charge on any atom is -0.457 e. The summed E-state index contributed by atoms with van der Waals surface area (Å²) in [5, 5.41) is 8.92. The lowest BCUT2D eigenvalue weighted by Crippen LogP contribution is -1.92. The second-order valence-electron chi connectivity index (χ2n) is 4.36. The molecule has 96 valence electrons. The van der Waals surface area contributed by atoms with E-state index >= 15 is 0 Å². The Morgan fingerprint density at radius 3 is 2.42 bits per heavy atom. The highest BCUT2D eigenvalue weighted by Crippen LogP contribution is 2.25. The average Bonchev–Trinajstić information content (AvgIpc) is 2.43. The zero-order valence-corrected chi connectivity index (χ0v) is 10.9. The van der Waals surface area contributed by atoms with E-state index in [1.54, 1.807) is 18.2 Å². The van der Waals surface area contributed by atoms with Crippen molar-refractivity contribution in [2.75, 3.05) is 5.73 Å². The first-order chi connectivity index (χ1) is 9.22. The molecule has 0 atom stereocenters. The number of nitrogens with zero attached hydrogens (tertiary/aromatic N) is 1. The predicted octanol–water partition coefficient (Wildman–Crippen LogP) is 3.89. The van der Waals surface area contributed by atoms with Gasteiger partial charge in [-0.3, -0.25) is 0 Å².